The second-order valence-electron chi connectivity index (χ2n) is 39.7. The second-order valence-corrected chi connectivity index (χ2v) is 39.7. The molecule has 0 spiro atoms. The molecule has 46 heteroatoms. The van der Waals surface area contributed by atoms with Gasteiger partial charge in [0.05, 0.1) is 0 Å². The van der Waals surface area contributed by atoms with Gasteiger partial charge in [-0.3, -0.25) is 25.8 Å². The number of carbonyl (C=O) groups excluding carboxylic acids is 2. The fourth-order valence-electron chi connectivity index (χ4n) is 13.1. The largest absolute Gasteiger partial charge is 0.497 e. The average Bonchev–Trinajstić information content (AvgIpc) is 1.56. The average molecular weight is 1950 g/mol. The molecule has 0 bridgehead atoms. The lowest BCUT2D eigenvalue weighted by atomic mass is 9.91. The van der Waals surface area contributed by atoms with Crippen molar-refractivity contribution in [3.63, 3.8) is 0 Å². The van der Waals surface area contributed by atoms with E-state index in [1.54, 1.807) is 53.7 Å². The minimum Gasteiger partial charge on any atom is -0.497 e. The molecule has 0 saturated carbocycles. The number of ketones is 1. The standard InChI is InChI=1S/C92H152N22O24/c1-47(2)42-58(71(126)109-92(26,27)83(138)114-41-31-34-59(114)72(127)103-65(48(3)4)73(128)111-91(24,25)82(137)113-88(18,19)78(133)101-56(36-39-62(94)119)69(124)100-55(35-38-61(93)118)60(117)44-54(46-115)43-53-32-29-28-30-33-53)99-64(121)45-96-75(130)84(10,11)110-74(129)66(49(5)6)104-80(135)87(16,17)108-70(125)57(37-40-63(95)120)102-79(134)89(20,21)112-81(136)90(22,23)107-68(123)51(8)98-77(132)86(14,15)106-67(122)50(7)97-76(131)85(12,13)105-52(9)116/h28-30,32-33,47-51,54-59,65-66,115H,31,34-46H2,1-27H3,(H2,93,118)(H2,94,119)(H2,95,120)(H,96,130)(H,97,131)(H,98,132)(H,99,121)(H,100,124)(H,101,133)(H,102,134)(H,103,127)(H,104,135)(H,105,116)(H,106,122)(H,107,123)(H,108,125)(H,109,126)(H,110,129)(H,111,128)(H,112,136)(H,113,137)/t50-,51-,54-,55-,56-,57-,58-,59-,65+,66-/m0/s1. The van der Waals surface area contributed by atoms with Gasteiger partial charge in [-0.1, -0.05) is 71.9 Å². The van der Waals surface area contributed by atoms with Crippen molar-refractivity contribution >= 4 is 136 Å². The van der Waals surface area contributed by atoms with Crippen LogP contribution >= 0.6 is 0 Å². The summed E-state index contributed by atoms with van der Waals surface area (Å²) in [6.45, 7) is 37.4. The van der Waals surface area contributed by atoms with Crippen molar-refractivity contribution in [2.75, 3.05) is 19.7 Å². The van der Waals surface area contributed by atoms with E-state index >= 15 is 0 Å². The van der Waals surface area contributed by atoms with Crippen LogP contribution in [0.3, 0.4) is 0 Å². The van der Waals surface area contributed by atoms with Crippen LogP contribution in [0, 0.1) is 39.9 Å². The van der Waals surface area contributed by atoms with E-state index in [2.05, 4.69) is 89.9 Å². The number of rotatable bonds is 55. The van der Waals surface area contributed by atoms with E-state index in [0.29, 0.717) is 12.8 Å². The number of aliphatic hydroxyl groups is 22. The van der Waals surface area contributed by atoms with Crippen molar-refractivity contribution < 1.29 is 122 Å². The maximum absolute atomic E-state index is 14.6. The number of nitrogens with one attached hydrogen (secondary N) is 3. The molecule has 1 fully saturated rings. The molecule has 0 aliphatic carbocycles. The first-order chi connectivity index (χ1) is 63.0. The highest BCUT2D eigenvalue weighted by molar-refractivity contribution is 6.01. The lowest BCUT2D eigenvalue weighted by molar-refractivity contribution is -0.135. The van der Waals surface area contributed by atoms with E-state index in [1.807, 2.05) is 18.2 Å². The molecule has 774 valence electrons. The van der Waals surface area contributed by atoms with Crippen LogP contribution in [0.25, 0.3) is 0 Å². The number of aliphatic imine (C=N–C) groups is 18. The Morgan fingerprint density at radius 2 is 0.746 bits per heavy atom. The first-order valence-electron chi connectivity index (χ1n) is 45.2. The van der Waals surface area contributed by atoms with Crippen LogP contribution in [0.4, 0.5) is 0 Å². The summed E-state index contributed by atoms with van der Waals surface area (Å²) in [4.78, 5) is 105. The summed E-state index contributed by atoms with van der Waals surface area (Å²) in [7, 11) is 0. The molecule has 1 aromatic carbocycles. The number of likely N-dealkylation sites (tertiary alicyclic amines) is 1. The Morgan fingerprint density at radius 1 is 0.391 bits per heavy atom. The van der Waals surface area contributed by atoms with Crippen molar-refractivity contribution in [2.24, 2.45) is 114 Å². The topological polar surface area (TPSA) is 776 Å². The van der Waals surface area contributed by atoms with Crippen LogP contribution in [0.1, 0.15) is 257 Å². The van der Waals surface area contributed by atoms with Crippen LogP contribution < -0.4 is 0 Å². The molecule has 10 atom stereocenters. The van der Waals surface area contributed by atoms with Gasteiger partial charge in [-0.2, -0.15) is 0 Å². The smallest absolute Gasteiger partial charge is 0.250 e. The van der Waals surface area contributed by atoms with Crippen molar-refractivity contribution in [2.45, 2.75) is 362 Å². The molecule has 0 aromatic heterocycles. The molecule has 2 rings (SSSR count). The van der Waals surface area contributed by atoms with Crippen LogP contribution in [0.2, 0.25) is 0 Å². The van der Waals surface area contributed by atoms with Gasteiger partial charge in [0.15, 0.2) is 29.4 Å². The van der Waals surface area contributed by atoms with Crippen molar-refractivity contribution in [1.29, 1.82) is 16.2 Å². The van der Waals surface area contributed by atoms with Gasteiger partial charge in [-0.25, -0.2) is 89.9 Å². The summed E-state index contributed by atoms with van der Waals surface area (Å²) in [5.74, 6) is -18.7. The number of hydrogen-bond donors (Lipinski definition) is 25. The molecular weight excluding hydrogens is 1800 g/mol. The highest BCUT2D eigenvalue weighted by atomic mass is 16.3. The number of Topliss-reactive ketones (excluding diaryl/α,β-unsaturated/α-hetero) is 1. The first-order valence-corrected chi connectivity index (χ1v) is 45.2. The van der Waals surface area contributed by atoms with E-state index in [-0.39, 0.29) is 69.9 Å². The van der Waals surface area contributed by atoms with Crippen LogP contribution in [-0.4, -0.2) is 377 Å². The third kappa shape index (κ3) is 38.6. The van der Waals surface area contributed by atoms with Gasteiger partial charge in [0.2, 0.25) is 100 Å². The first kappa shape index (κ1) is 121. The summed E-state index contributed by atoms with van der Waals surface area (Å²) in [6, 6.07) is -3.05. The maximum Gasteiger partial charge on any atom is 0.250 e. The number of aliphatic hydroxyl groups excluding tert-OH is 22. The molecule has 1 amide bonds. The third-order valence-corrected chi connectivity index (χ3v) is 21.6. The number of carbonyl (C=O) groups is 2. The summed E-state index contributed by atoms with van der Waals surface area (Å²) in [5.41, 5.74) is -15.0. The molecule has 46 nitrogen and oxygen atoms in total. The van der Waals surface area contributed by atoms with Gasteiger partial charge in [-0.15, -0.1) is 0 Å². The molecule has 138 heavy (non-hydrogen) atoms. The highest BCUT2D eigenvalue weighted by Crippen LogP contribution is 2.31. The number of hydrogen-bond acceptors (Lipinski definition) is 24. The molecule has 1 aliphatic rings. The van der Waals surface area contributed by atoms with Crippen molar-refractivity contribution in [3.8, 4) is 0 Å². The summed E-state index contributed by atoms with van der Waals surface area (Å²) >= 11 is 0. The molecule has 0 unspecified atom stereocenters. The zero-order valence-corrected chi connectivity index (χ0v) is 84.4. The Hall–Kier alpha value is -12.8. The predicted molar refractivity (Wildman–Crippen MR) is 543 cm³/mol. The Balaban J connectivity index is 2.53. The minimum absolute atomic E-state index is 0.0456. The van der Waals surface area contributed by atoms with Gasteiger partial charge in [0, 0.05) is 45.8 Å². The van der Waals surface area contributed by atoms with Crippen molar-refractivity contribution in [3.05, 3.63) is 35.9 Å². The third-order valence-electron chi connectivity index (χ3n) is 21.6. The van der Waals surface area contributed by atoms with Gasteiger partial charge < -0.3 is 117 Å². The summed E-state index contributed by atoms with van der Waals surface area (Å²) < 4.78 is 0. The Labute approximate surface area is 806 Å². The lowest BCUT2D eigenvalue weighted by Gasteiger charge is -2.31. The molecule has 1 aliphatic heterocycles. The van der Waals surface area contributed by atoms with E-state index in [1.165, 1.54) is 150 Å². The molecule has 1 heterocycles. The summed E-state index contributed by atoms with van der Waals surface area (Å²) in [5, 5.41) is 266. The molecule has 0 radical (unpaired) electrons. The minimum atomic E-state index is -1.89. The van der Waals surface area contributed by atoms with E-state index in [0.717, 1.165) is 5.56 Å². The number of amides is 1. The Bertz CT molecular complexity index is 4960. The molecular formula is C92H152N22O24. The monoisotopic (exact) mass is 1950 g/mol. The fourth-order valence-corrected chi connectivity index (χ4v) is 13.1. The molecule has 1 aromatic rings. The zero-order valence-electron chi connectivity index (χ0n) is 84.4. The normalized spacial score (nSPS) is 18.6. The van der Waals surface area contributed by atoms with Crippen LogP contribution in [-0.2, 0) is 16.0 Å². The fraction of sp³-hybridized carbons (Fsp3) is 0.685. The van der Waals surface area contributed by atoms with E-state index in [9.17, 15) is 122 Å². The lowest BCUT2D eigenvalue weighted by Crippen LogP contribution is -2.50. The van der Waals surface area contributed by atoms with Gasteiger partial charge in [-0.05, 0) is 213 Å². The quantitative estimate of drug-likeness (QED) is 0.0213. The maximum atomic E-state index is 14.6. The predicted octanol–water partition coefficient (Wildman–Crippen LogP) is 14.3. The second kappa shape index (κ2) is 51.0. The number of benzene rings is 1. The van der Waals surface area contributed by atoms with E-state index in [4.69, 9.17) is 16.2 Å². The van der Waals surface area contributed by atoms with Crippen molar-refractivity contribution in [1.82, 2.24) is 4.90 Å². The zero-order chi connectivity index (χ0) is 107. The highest BCUT2D eigenvalue weighted by Gasteiger charge is 2.44. The Morgan fingerprint density at radius 3 is 1.16 bits per heavy atom. The number of nitrogens with zero attached hydrogens (tertiary/aromatic N) is 19. The van der Waals surface area contributed by atoms with E-state index < -0.39 is 271 Å². The van der Waals surface area contributed by atoms with Crippen LogP contribution in [0.5, 0.6) is 0 Å². The Kier molecular flexibility index (Phi) is 44.8. The molecule has 25 N–H and O–H groups in total. The van der Waals surface area contributed by atoms with Gasteiger partial charge in [0.1, 0.15) is 111 Å². The SMILES string of the molecule is CC(O)=NC(C)(C)C(O)=N[C@@H](C)C(O)=NC(C)(C)C(O)=N[C@@H](C)C(O)=NC(C)(C)C(O)=NC(C)(C)C(O)=N[C@@H](CCC(=N)O)C(O)=NC(C)(C)C(O)=N[C@H](C(O)=NC(C)(C)C(O)=NCC(O)=N[C@@H](CC(C)C)C(O)=NC(C)(C)C(=O)N1CCC[C@H]1C(O)=N[C@@H](C(O)=NC(C)(C)C(O)=NC(C)(C)C(O)=N[C@@H](CCC(=N)O)C(O)=N[C@@H](CCC(=N)O)C(=O)C[C@@H](CO)Cc1ccccc1)C(C)C)C(C)C. The van der Waals surface area contributed by atoms with Gasteiger partial charge in [0.25, 0.3) is 5.91 Å². The van der Waals surface area contributed by atoms with Crippen LogP contribution in [0.15, 0.2) is 120 Å². The van der Waals surface area contributed by atoms with Gasteiger partial charge >= 0.3 is 0 Å². The molecule has 1 saturated heterocycles. The summed E-state index contributed by atoms with van der Waals surface area (Å²) in [6.07, 6.45) is -1.46.